The lowest BCUT2D eigenvalue weighted by molar-refractivity contribution is 0.584. The van der Waals surface area contributed by atoms with Crippen molar-refractivity contribution in [2.24, 2.45) is 0 Å². The first-order valence-electron chi connectivity index (χ1n) is 4.84. The fourth-order valence-electron chi connectivity index (χ4n) is 1.48. The Morgan fingerprint density at radius 2 is 1.94 bits per heavy atom. The summed E-state index contributed by atoms with van der Waals surface area (Å²) in [5.74, 6) is -0.758. The summed E-state index contributed by atoms with van der Waals surface area (Å²) in [6.45, 7) is 0.630. The molecule has 0 unspecified atom stereocenters. The molecule has 0 atom stereocenters. The molecular weight excluding hydrogens is 212 g/mol. The summed E-state index contributed by atoms with van der Waals surface area (Å²) in [7, 11) is 1.81. The average Bonchev–Trinajstić information content (AvgIpc) is 2.65. The predicted molar refractivity (Wildman–Crippen MR) is 56.7 cm³/mol. The van der Waals surface area contributed by atoms with Crippen LogP contribution in [0.1, 0.15) is 5.69 Å². The molecule has 0 aliphatic rings. The summed E-state index contributed by atoms with van der Waals surface area (Å²) in [4.78, 5) is 7.04. The second-order valence-electron chi connectivity index (χ2n) is 3.45. The van der Waals surface area contributed by atoms with E-state index in [0.717, 1.165) is 11.8 Å². The average molecular weight is 223 g/mol. The van der Waals surface area contributed by atoms with E-state index in [1.807, 2.05) is 7.05 Å². The van der Waals surface area contributed by atoms with Crippen LogP contribution in [0.2, 0.25) is 0 Å². The van der Waals surface area contributed by atoms with E-state index < -0.39 is 11.6 Å². The second kappa shape index (κ2) is 4.40. The Morgan fingerprint density at radius 1 is 1.25 bits per heavy atom. The molecule has 84 valence electrons. The Labute approximate surface area is 91.5 Å². The SMILES string of the molecule is CNCc1cnc(-c2cc(F)cc(F)c2)[nH]1. The molecule has 0 aliphatic heterocycles. The first-order chi connectivity index (χ1) is 7.69. The summed E-state index contributed by atoms with van der Waals surface area (Å²) < 4.78 is 25.9. The lowest BCUT2D eigenvalue weighted by Crippen LogP contribution is -2.04. The standard InChI is InChI=1S/C11H11F2N3/c1-14-5-10-6-15-11(16-10)7-2-8(12)4-9(13)3-7/h2-4,6,14H,5H2,1H3,(H,15,16). The minimum atomic E-state index is -0.610. The van der Waals surface area contributed by atoms with Crippen molar-refractivity contribution in [3.05, 3.63) is 41.7 Å². The van der Waals surface area contributed by atoms with E-state index in [2.05, 4.69) is 15.3 Å². The van der Waals surface area contributed by atoms with Crippen LogP contribution in [0.3, 0.4) is 0 Å². The molecule has 0 amide bonds. The molecule has 2 N–H and O–H groups in total. The molecule has 16 heavy (non-hydrogen) atoms. The molecule has 0 radical (unpaired) electrons. The summed E-state index contributed by atoms with van der Waals surface area (Å²) in [6, 6.07) is 3.32. The summed E-state index contributed by atoms with van der Waals surface area (Å²) in [5.41, 5.74) is 1.27. The van der Waals surface area contributed by atoms with Crippen LogP contribution in [-0.4, -0.2) is 17.0 Å². The highest BCUT2D eigenvalue weighted by Crippen LogP contribution is 2.18. The van der Waals surface area contributed by atoms with Gasteiger partial charge in [0.15, 0.2) is 0 Å². The van der Waals surface area contributed by atoms with E-state index in [1.165, 1.54) is 12.1 Å². The molecule has 3 nitrogen and oxygen atoms in total. The van der Waals surface area contributed by atoms with Crippen LogP contribution in [0.15, 0.2) is 24.4 Å². The summed E-state index contributed by atoms with van der Waals surface area (Å²) >= 11 is 0. The van der Waals surface area contributed by atoms with Gasteiger partial charge in [0, 0.05) is 30.1 Å². The van der Waals surface area contributed by atoms with Gasteiger partial charge in [-0.3, -0.25) is 0 Å². The van der Waals surface area contributed by atoms with E-state index in [9.17, 15) is 8.78 Å². The monoisotopic (exact) mass is 223 g/mol. The lowest BCUT2D eigenvalue weighted by Gasteiger charge is -1.98. The zero-order valence-corrected chi connectivity index (χ0v) is 8.72. The van der Waals surface area contributed by atoms with E-state index >= 15 is 0 Å². The molecule has 0 fully saturated rings. The third kappa shape index (κ3) is 2.25. The van der Waals surface area contributed by atoms with Crippen molar-refractivity contribution >= 4 is 0 Å². The minimum absolute atomic E-state index is 0.403. The first-order valence-corrected chi connectivity index (χ1v) is 4.84. The zero-order chi connectivity index (χ0) is 11.5. The molecule has 1 aromatic carbocycles. The largest absolute Gasteiger partial charge is 0.341 e. The Morgan fingerprint density at radius 3 is 2.56 bits per heavy atom. The number of aromatic amines is 1. The van der Waals surface area contributed by atoms with Gasteiger partial charge in [0.1, 0.15) is 17.5 Å². The molecular formula is C11H11F2N3. The Balaban J connectivity index is 2.34. The molecule has 2 aromatic rings. The number of rotatable bonds is 3. The first kappa shape index (κ1) is 10.8. The van der Waals surface area contributed by atoms with Crippen LogP contribution in [0, 0.1) is 11.6 Å². The van der Waals surface area contributed by atoms with E-state index in [0.29, 0.717) is 17.9 Å². The van der Waals surface area contributed by atoms with Crippen molar-refractivity contribution in [1.82, 2.24) is 15.3 Å². The Hall–Kier alpha value is -1.75. The molecule has 0 aliphatic carbocycles. The highest BCUT2D eigenvalue weighted by atomic mass is 19.1. The molecule has 2 rings (SSSR count). The van der Waals surface area contributed by atoms with Gasteiger partial charge in [0.05, 0.1) is 0 Å². The van der Waals surface area contributed by atoms with Crippen molar-refractivity contribution in [2.75, 3.05) is 7.05 Å². The lowest BCUT2D eigenvalue weighted by atomic mass is 10.2. The number of hydrogen-bond donors (Lipinski definition) is 2. The van der Waals surface area contributed by atoms with Gasteiger partial charge >= 0.3 is 0 Å². The third-order valence-electron chi connectivity index (χ3n) is 2.13. The fraction of sp³-hybridized carbons (Fsp3) is 0.182. The second-order valence-corrected chi connectivity index (χ2v) is 3.45. The topological polar surface area (TPSA) is 40.7 Å². The fourth-order valence-corrected chi connectivity index (χ4v) is 1.48. The van der Waals surface area contributed by atoms with Crippen LogP contribution in [0.5, 0.6) is 0 Å². The molecule has 5 heteroatoms. The van der Waals surface area contributed by atoms with Gasteiger partial charge in [0.2, 0.25) is 0 Å². The van der Waals surface area contributed by atoms with Crippen molar-refractivity contribution in [2.45, 2.75) is 6.54 Å². The predicted octanol–water partition coefficient (Wildman–Crippen LogP) is 2.07. The molecule has 1 aromatic heterocycles. The number of halogens is 2. The third-order valence-corrected chi connectivity index (χ3v) is 2.13. The van der Waals surface area contributed by atoms with Gasteiger partial charge in [-0.25, -0.2) is 13.8 Å². The van der Waals surface area contributed by atoms with Crippen LogP contribution >= 0.6 is 0 Å². The maximum Gasteiger partial charge on any atom is 0.137 e. The van der Waals surface area contributed by atoms with E-state index in [-0.39, 0.29) is 0 Å². The number of H-pyrrole nitrogens is 1. The highest BCUT2D eigenvalue weighted by molar-refractivity contribution is 5.55. The quantitative estimate of drug-likeness (QED) is 0.836. The Kier molecular flexibility index (Phi) is 2.96. The van der Waals surface area contributed by atoms with Crippen LogP contribution in [0.4, 0.5) is 8.78 Å². The van der Waals surface area contributed by atoms with Crippen LogP contribution in [-0.2, 0) is 6.54 Å². The smallest absolute Gasteiger partial charge is 0.137 e. The van der Waals surface area contributed by atoms with Crippen LogP contribution < -0.4 is 5.32 Å². The molecule has 0 saturated heterocycles. The van der Waals surface area contributed by atoms with Gasteiger partial charge in [-0.1, -0.05) is 0 Å². The highest BCUT2D eigenvalue weighted by Gasteiger charge is 2.06. The molecule has 0 bridgehead atoms. The van der Waals surface area contributed by atoms with Gasteiger partial charge in [-0.2, -0.15) is 0 Å². The zero-order valence-electron chi connectivity index (χ0n) is 8.72. The number of imidazole rings is 1. The Bertz CT molecular complexity index is 473. The number of aromatic nitrogens is 2. The molecule has 0 spiro atoms. The molecule has 0 saturated carbocycles. The number of nitrogens with one attached hydrogen (secondary N) is 2. The maximum absolute atomic E-state index is 13.0. The van der Waals surface area contributed by atoms with Gasteiger partial charge in [-0.15, -0.1) is 0 Å². The minimum Gasteiger partial charge on any atom is -0.341 e. The van der Waals surface area contributed by atoms with Crippen LogP contribution in [0.25, 0.3) is 11.4 Å². The summed E-state index contributed by atoms with van der Waals surface area (Å²) in [5, 5.41) is 2.95. The molecule has 1 heterocycles. The van der Waals surface area contributed by atoms with Gasteiger partial charge in [0.25, 0.3) is 0 Å². The van der Waals surface area contributed by atoms with Crippen molar-refractivity contribution in [3.8, 4) is 11.4 Å². The van der Waals surface area contributed by atoms with Crippen molar-refractivity contribution in [1.29, 1.82) is 0 Å². The number of nitrogens with zero attached hydrogens (tertiary/aromatic N) is 1. The van der Waals surface area contributed by atoms with E-state index in [4.69, 9.17) is 0 Å². The van der Waals surface area contributed by atoms with Gasteiger partial charge in [-0.05, 0) is 19.2 Å². The van der Waals surface area contributed by atoms with E-state index in [1.54, 1.807) is 6.20 Å². The van der Waals surface area contributed by atoms with Crippen molar-refractivity contribution in [3.63, 3.8) is 0 Å². The number of hydrogen-bond acceptors (Lipinski definition) is 2. The maximum atomic E-state index is 13.0. The summed E-state index contributed by atoms with van der Waals surface area (Å²) in [6.07, 6.45) is 1.63. The van der Waals surface area contributed by atoms with Crippen molar-refractivity contribution < 1.29 is 8.78 Å². The normalized spacial score (nSPS) is 10.7. The van der Waals surface area contributed by atoms with Gasteiger partial charge < -0.3 is 10.3 Å². The number of benzene rings is 1.